The highest BCUT2D eigenvalue weighted by molar-refractivity contribution is 5.92. The van der Waals surface area contributed by atoms with Crippen LogP contribution in [0.5, 0.6) is 0 Å². The number of carbonyl (C=O) groups is 1. The summed E-state index contributed by atoms with van der Waals surface area (Å²) >= 11 is 0. The van der Waals surface area contributed by atoms with E-state index < -0.39 is 0 Å². The van der Waals surface area contributed by atoms with Gasteiger partial charge in [0.2, 0.25) is 0 Å². The summed E-state index contributed by atoms with van der Waals surface area (Å²) in [5.74, 6) is -0.352. The van der Waals surface area contributed by atoms with E-state index in [4.69, 9.17) is 0 Å². The number of hydrogen-bond acceptors (Lipinski definition) is 4. The molecule has 0 aliphatic rings. The van der Waals surface area contributed by atoms with Crippen LogP contribution in [0.15, 0.2) is 29.3 Å². The second kappa shape index (κ2) is 4.60. The van der Waals surface area contributed by atoms with Crippen molar-refractivity contribution in [3.63, 3.8) is 0 Å². The minimum Gasteiger partial charge on any atom is -0.344 e. The van der Waals surface area contributed by atoms with Crippen molar-refractivity contribution in [2.75, 3.05) is 0 Å². The molecule has 1 amide bonds. The van der Waals surface area contributed by atoms with Crippen molar-refractivity contribution >= 4 is 5.91 Å². The molecule has 0 fully saturated rings. The van der Waals surface area contributed by atoms with Crippen molar-refractivity contribution < 1.29 is 4.79 Å². The zero-order valence-corrected chi connectivity index (χ0v) is 9.10. The largest absolute Gasteiger partial charge is 0.344 e. The van der Waals surface area contributed by atoms with E-state index in [1.54, 1.807) is 12.4 Å². The number of hydrogen-bond donors (Lipinski definition) is 3. The van der Waals surface area contributed by atoms with Crippen molar-refractivity contribution in [2.24, 2.45) is 0 Å². The molecule has 0 aliphatic carbocycles. The molecule has 7 heteroatoms. The maximum Gasteiger partial charge on any atom is 0.272 e. The molecule has 1 unspecified atom stereocenters. The first kappa shape index (κ1) is 11.1. The molecule has 88 valence electrons. The zero-order chi connectivity index (χ0) is 12.3. The number of aromatic nitrogens is 4. The van der Waals surface area contributed by atoms with Gasteiger partial charge < -0.3 is 5.32 Å². The maximum absolute atomic E-state index is 11.7. The average molecular weight is 233 g/mol. The van der Waals surface area contributed by atoms with E-state index in [2.05, 4.69) is 25.7 Å². The highest BCUT2D eigenvalue weighted by Crippen LogP contribution is 2.09. The van der Waals surface area contributed by atoms with Gasteiger partial charge in [-0.15, -0.1) is 0 Å². The fraction of sp³-hybridized carbons (Fsp3) is 0.200. The van der Waals surface area contributed by atoms with E-state index in [0.29, 0.717) is 0 Å². The predicted octanol–water partition coefficient (Wildman–Crippen LogP) is -0.0160. The summed E-state index contributed by atoms with van der Waals surface area (Å²) in [5, 5.41) is 15.0. The summed E-state index contributed by atoms with van der Waals surface area (Å²) in [6, 6.07) is 2.44. The van der Waals surface area contributed by atoms with Crippen molar-refractivity contribution in [1.82, 2.24) is 25.7 Å². The smallest absolute Gasteiger partial charge is 0.272 e. The topological polar surface area (TPSA) is 104 Å². The fourth-order valence-corrected chi connectivity index (χ4v) is 1.32. The lowest BCUT2D eigenvalue weighted by atomic mass is 10.2. The van der Waals surface area contributed by atoms with Gasteiger partial charge in [0.05, 0.1) is 12.2 Å². The summed E-state index contributed by atoms with van der Waals surface area (Å²) in [7, 11) is 0. The number of nitrogens with zero attached hydrogens (tertiary/aromatic N) is 2. The molecule has 2 heterocycles. The third kappa shape index (κ3) is 2.57. The van der Waals surface area contributed by atoms with E-state index in [1.807, 2.05) is 6.92 Å². The second-order valence-electron chi connectivity index (χ2n) is 3.53. The van der Waals surface area contributed by atoms with Gasteiger partial charge in [-0.25, -0.2) is 5.10 Å². The van der Waals surface area contributed by atoms with Gasteiger partial charge in [-0.3, -0.25) is 14.7 Å². The molecule has 2 aromatic heterocycles. The van der Waals surface area contributed by atoms with Gasteiger partial charge in [0.15, 0.2) is 0 Å². The Hall–Kier alpha value is -2.44. The summed E-state index contributed by atoms with van der Waals surface area (Å²) in [4.78, 5) is 22.5. The molecular formula is C10H11N5O2. The summed E-state index contributed by atoms with van der Waals surface area (Å²) in [5.41, 5.74) is 0.687. The van der Waals surface area contributed by atoms with Crippen LogP contribution in [-0.2, 0) is 0 Å². The van der Waals surface area contributed by atoms with Crippen LogP contribution in [0.2, 0.25) is 0 Å². The second-order valence-corrected chi connectivity index (χ2v) is 3.53. The molecule has 2 rings (SSSR count). The van der Waals surface area contributed by atoms with Crippen molar-refractivity contribution in [2.45, 2.75) is 13.0 Å². The standard InChI is InChI=1S/C10H11N5O2/c1-6(7-4-11-12-5-7)13-10(17)8-2-3-9(16)15-14-8/h2-6H,1H3,(H,11,12)(H,13,17)(H,15,16). The van der Waals surface area contributed by atoms with Gasteiger partial charge in [0.25, 0.3) is 11.5 Å². The van der Waals surface area contributed by atoms with Gasteiger partial charge in [0, 0.05) is 17.8 Å². The highest BCUT2D eigenvalue weighted by Gasteiger charge is 2.13. The molecule has 0 saturated carbocycles. The third-order valence-corrected chi connectivity index (χ3v) is 2.28. The minimum absolute atomic E-state index is 0.167. The number of rotatable bonds is 3. The van der Waals surface area contributed by atoms with E-state index in [-0.39, 0.29) is 23.2 Å². The van der Waals surface area contributed by atoms with Gasteiger partial charge in [-0.2, -0.15) is 10.2 Å². The van der Waals surface area contributed by atoms with Gasteiger partial charge in [-0.05, 0) is 13.0 Å². The van der Waals surface area contributed by atoms with Crippen LogP contribution in [0.25, 0.3) is 0 Å². The molecule has 2 aromatic rings. The van der Waals surface area contributed by atoms with Gasteiger partial charge >= 0.3 is 0 Å². The van der Waals surface area contributed by atoms with Crippen LogP contribution >= 0.6 is 0 Å². The Balaban J connectivity index is 2.07. The number of amides is 1. The Morgan fingerprint density at radius 1 is 1.47 bits per heavy atom. The molecule has 0 bridgehead atoms. The Bertz CT molecular complexity index is 540. The highest BCUT2D eigenvalue weighted by atomic mass is 16.2. The Kier molecular flexibility index (Phi) is 2.99. The molecule has 1 atom stereocenters. The monoisotopic (exact) mass is 233 g/mol. The van der Waals surface area contributed by atoms with Crippen LogP contribution in [0, 0.1) is 0 Å². The molecule has 0 aliphatic heterocycles. The van der Waals surface area contributed by atoms with Crippen LogP contribution in [0.4, 0.5) is 0 Å². The normalized spacial score (nSPS) is 12.1. The summed E-state index contributed by atoms with van der Waals surface area (Å²) in [6.45, 7) is 1.83. The molecular weight excluding hydrogens is 222 g/mol. The fourth-order valence-electron chi connectivity index (χ4n) is 1.32. The Morgan fingerprint density at radius 2 is 2.29 bits per heavy atom. The van der Waals surface area contributed by atoms with E-state index >= 15 is 0 Å². The van der Waals surface area contributed by atoms with E-state index in [1.165, 1.54) is 12.1 Å². The van der Waals surface area contributed by atoms with Crippen LogP contribution in [0.3, 0.4) is 0 Å². The number of carbonyl (C=O) groups excluding carboxylic acids is 1. The molecule has 7 nitrogen and oxygen atoms in total. The molecule has 17 heavy (non-hydrogen) atoms. The Morgan fingerprint density at radius 3 is 2.88 bits per heavy atom. The lowest BCUT2D eigenvalue weighted by molar-refractivity contribution is 0.0933. The third-order valence-electron chi connectivity index (χ3n) is 2.28. The lowest BCUT2D eigenvalue weighted by Crippen LogP contribution is -2.28. The summed E-state index contributed by atoms with van der Waals surface area (Å²) < 4.78 is 0. The zero-order valence-electron chi connectivity index (χ0n) is 9.10. The molecule has 0 aromatic carbocycles. The summed E-state index contributed by atoms with van der Waals surface area (Å²) in [6.07, 6.45) is 3.33. The van der Waals surface area contributed by atoms with Gasteiger partial charge in [0.1, 0.15) is 5.69 Å². The predicted molar refractivity (Wildman–Crippen MR) is 59.3 cm³/mol. The minimum atomic E-state index is -0.352. The molecule has 0 spiro atoms. The van der Waals surface area contributed by atoms with E-state index in [0.717, 1.165) is 5.56 Å². The van der Waals surface area contributed by atoms with Crippen molar-refractivity contribution in [3.8, 4) is 0 Å². The van der Waals surface area contributed by atoms with Crippen LogP contribution in [-0.4, -0.2) is 26.3 Å². The SMILES string of the molecule is CC(NC(=O)c1ccc(=O)[nH]n1)c1cn[nH]c1. The number of H-pyrrole nitrogens is 2. The first-order chi connectivity index (χ1) is 8.16. The first-order valence-electron chi connectivity index (χ1n) is 5.02. The maximum atomic E-state index is 11.7. The van der Waals surface area contributed by atoms with Crippen LogP contribution in [0.1, 0.15) is 29.0 Å². The average Bonchev–Trinajstić information content (AvgIpc) is 2.83. The van der Waals surface area contributed by atoms with Crippen LogP contribution < -0.4 is 10.9 Å². The van der Waals surface area contributed by atoms with Crippen molar-refractivity contribution in [3.05, 3.63) is 46.1 Å². The quantitative estimate of drug-likeness (QED) is 0.693. The van der Waals surface area contributed by atoms with E-state index in [9.17, 15) is 9.59 Å². The Labute approximate surface area is 96.3 Å². The molecule has 0 saturated heterocycles. The molecule has 3 N–H and O–H groups in total. The number of aromatic amines is 2. The first-order valence-corrected chi connectivity index (χ1v) is 5.02. The lowest BCUT2D eigenvalue weighted by Gasteiger charge is -2.10. The van der Waals surface area contributed by atoms with Crippen molar-refractivity contribution in [1.29, 1.82) is 0 Å². The number of nitrogens with one attached hydrogen (secondary N) is 3. The molecule has 0 radical (unpaired) electrons. The van der Waals surface area contributed by atoms with Gasteiger partial charge in [-0.1, -0.05) is 0 Å².